The fourth-order valence-electron chi connectivity index (χ4n) is 9.46. The molecule has 1 aromatic heterocycles. The van der Waals surface area contributed by atoms with Gasteiger partial charge in [-0.25, -0.2) is 0 Å². The Labute approximate surface area is 372 Å². The third kappa shape index (κ3) is 6.70. The Bertz CT molecular complexity index is 3630. The maximum atomic E-state index is 6.51. The van der Waals surface area contributed by atoms with Gasteiger partial charge in [0.25, 0.3) is 0 Å². The van der Waals surface area contributed by atoms with Crippen LogP contribution in [0.3, 0.4) is 0 Å². The molecule has 0 bridgehead atoms. The molecule has 0 unspecified atom stereocenters. The molecule has 12 aromatic rings. The van der Waals surface area contributed by atoms with Crippen LogP contribution in [0.5, 0.6) is 0 Å². The molecule has 0 aliphatic carbocycles. The summed E-state index contributed by atoms with van der Waals surface area (Å²) in [6.45, 7) is 0. The third-order valence-electron chi connectivity index (χ3n) is 12.7. The van der Waals surface area contributed by atoms with E-state index in [1.54, 1.807) is 0 Å². The van der Waals surface area contributed by atoms with E-state index in [0.29, 0.717) is 0 Å². The Morgan fingerprint density at radius 2 is 0.703 bits per heavy atom. The molecule has 0 radical (unpaired) electrons. The van der Waals surface area contributed by atoms with Gasteiger partial charge in [-0.1, -0.05) is 194 Å². The zero-order valence-corrected chi connectivity index (χ0v) is 35.0. The number of hydrogen-bond donors (Lipinski definition) is 0. The van der Waals surface area contributed by atoms with Gasteiger partial charge in [0.2, 0.25) is 0 Å². The van der Waals surface area contributed by atoms with E-state index in [4.69, 9.17) is 4.42 Å². The van der Waals surface area contributed by atoms with Gasteiger partial charge in [0, 0.05) is 33.4 Å². The van der Waals surface area contributed by atoms with Crippen molar-refractivity contribution in [2.75, 3.05) is 4.90 Å². The van der Waals surface area contributed by atoms with Crippen LogP contribution in [0.25, 0.3) is 99.1 Å². The topological polar surface area (TPSA) is 16.4 Å². The van der Waals surface area contributed by atoms with Gasteiger partial charge in [-0.2, -0.15) is 0 Å². The average molecular weight is 816 g/mol. The summed E-state index contributed by atoms with van der Waals surface area (Å²) in [5.41, 5.74) is 16.8. The van der Waals surface area contributed by atoms with Crippen LogP contribution in [0, 0.1) is 0 Å². The van der Waals surface area contributed by atoms with E-state index in [-0.39, 0.29) is 0 Å². The number of nitrogens with zero attached hydrogens (tertiary/aromatic N) is 1. The molecule has 11 aromatic carbocycles. The summed E-state index contributed by atoms with van der Waals surface area (Å²) < 4.78 is 6.51. The Morgan fingerprint density at radius 3 is 1.36 bits per heavy atom. The summed E-state index contributed by atoms with van der Waals surface area (Å²) in [4.78, 5) is 2.35. The van der Waals surface area contributed by atoms with Gasteiger partial charge in [0.05, 0.1) is 0 Å². The van der Waals surface area contributed by atoms with Crippen LogP contribution in [0.15, 0.2) is 253 Å². The molecular weight excluding hydrogens is 775 g/mol. The Morgan fingerprint density at radius 1 is 0.250 bits per heavy atom. The molecule has 1 heterocycles. The lowest BCUT2D eigenvalue weighted by atomic mass is 9.94. The normalized spacial score (nSPS) is 11.4. The van der Waals surface area contributed by atoms with Crippen molar-refractivity contribution in [2.24, 2.45) is 0 Å². The van der Waals surface area contributed by atoms with Crippen LogP contribution in [-0.4, -0.2) is 0 Å². The van der Waals surface area contributed by atoms with Crippen molar-refractivity contribution < 1.29 is 4.42 Å². The molecule has 0 aliphatic rings. The van der Waals surface area contributed by atoms with Gasteiger partial charge in [0.15, 0.2) is 0 Å². The van der Waals surface area contributed by atoms with E-state index in [1.165, 1.54) is 54.9 Å². The van der Waals surface area contributed by atoms with E-state index < -0.39 is 0 Å². The van der Waals surface area contributed by atoms with Crippen molar-refractivity contribution >= 4 is 60.5 Å². The van der Waals surface area contributed by atoms with Gasteiger partial charge >= 0.3 is 0 Å². The predicted molar refractivity (Wildman–Crippen MR) is 271 cm³/mol. The molecule has 2 heteroatoms. The van der Waals surface area contributed by atoms with Crippen molar-refractivity contribution in [3.63, 3.8) is 0 Å². The maximum absolute atomic E-state index is 6.51. The van der Waals surface area contributed by atoms with E-state index in [2.05, 4.69) is 248 Å². The monoisotopic (exact) mass is 815 g/mol. The molecule has 0 saturated heterocycles. The molecule has 64 heavy (non-hydrogen) atoms. The number of anilines is 3. The smallest absolute Gasteiger partial charge is 0.143 e. The number of fused-ring (bicyclic) bond motifs is 6. The van der Waals surface area contributed by atoms with E-state index in [9.17, 15) is 0 Å². The minimum atomic E-state index is 0.889. The summed E-state index contributed by atoms with van der Waals surface area (Å²) in [5, 5.41) is 7.30. The fraction of sp³-hybridized carbons (Fsp3) is 0. The molecule has 0 aliphatic heterocycles. The minimum absolute atomic E-state index is 0.889. The summed E-state index contributed by atoms with van der Waals surface area (Å²) in [5.74, 6) is 0. The fourth-order valence-corrected chi connectivity index (χ4v) is 9.46. The number of rotatable bonds is 8. The standard InChI is InChI=1S/C62H41NO/c1-3-12-44(13-4-1)54-18-9-10-19-56(54)47-28-36-53(37-29-47)63(51-32-24-42(25-33-51)48-30-38-57-50(40-48)23-22-46-16-7-8-17-55(46)57)52-34-26-43(27-35-52)49-31-39-61-60(41-49)59-21-11-20-58(62(59)64-61)45-14-5-2-6-15-45/h1-41H. The molecule has 0 spiro atoms. The Kier molecular flexibility index (Phi) is 9.20. The lowest BCUT2D eigenvalue weighted by Gasteiger charge is -2.26. The first-order chi connectivity index (χ1) is 31.7. The lowest BCUT2D eigenvalue weighted by Crippen LogP contribution is -2.09. The molecule has 12 rings (SSSR count). The first-order valence-corrected chi connectivity index (χ1v) is 21.9. The van der Waals surface area contributed by atoms with E-state index >= 15 is 0 Å². The average Bonchev–Trinajstić information content (AvgIpc) is 3.76. The number of furan rings is 1. The van der Waals surface area contributed by atoms with E-state index in [0.717, 1.165) is 61.3 Å². The van der Waals surface area contributed by atoms with Crippen LogP contribution >= 0.6 is 0 Å². The number of hydrogen-bond acceptors (Lipinski definition) is 2. The second kappa shape index (κ2) is 15.8. The van der Waals surface area contributed by atoms with Crippen molar-refractivity contribution in [3.8, 4) is 55.6 Å². The minimum Gasteiger partial charge on any atom is -0.455 e. The largest absolute Gasteiger partial charge is 0.455 e. The second-order valence-corrected chi connectivity index (χ2v) is 16.5. The summed E-state index contributed by atoms with van der Waals surface area (Å²) in [6, 6.07) is 89.5. The van der Waals surface area contributed by atoms with Crippen LogP contribution < -0.4 is 4.90 Å². The summed E-state index contributed by atoms with van der Waals surface area (Å²) in [6.07, 6.45) is 0. The highest BCUT2D eigenvalue weighted by Gasteiger charge is 2.17. The zero-order chi connectivity index (χ0) is 42.4. The van der Waals surface area contributed by atoms with Crippen LogP contribution in [-0.2, 0) is 0 Å². The number of benzene rings is 11. The highest BCUT2D eigenvalue weighted by atomic mass is 16.3. The molecule has 0 fully saturated rings. The first kappa shape index (κ1) is 37.3. The van der Waals surface area contributed by atoms with Gasteiger partial charge in [-0.3, -0.25) is 0 Å². The van der Waals surface area contributed by atoms with Crippen molar-refractivity contribution in [1.82, 2.24) is 0 Å². The van der Waals surface area contributed by atoms with Crippen molar-refractivity contribution in [1.29, 1.82) is 0 Å². The van der Waals surface area contributed by atoms with Gasteiger partial charge in [0.1, 0.15) is 11.2 Å². The predicted octanol–water partition coefficient (Wildman–Crippen LogP) is 17.7. The molecule has 300 valence electrons. The SMILES string of the molecule is c1ccc(-c2ccccc2-c2ccc(N(c3ccc(-c4ccc5c(ccc6ccccc65)c4)cc3)c3ccc(-c4ccc5oc6c(-c7ccccc7)cccc6c5c4)cc3)cc2)cc1. The van der Waals surface area contributed by atoms with Crippen LogP contribution in [0.2, 0.25) is 0 Å². The van der Waals surface area contributed by atoms with Crippen LogP contribution in [0.4, 0.5) is 17.1 Å². The second-order valence-electron chi connectivity index (χ2n) is 16.5. The highest BCUT2D eigenvalue weighted by Crippen LogP contribution is 2.41. The first-order valence-electron chi connectivity index (χ1n) is 21.9. The number of para-hydroxylation sites is 1. The Balaban J connectivity index is 0.912. The van der Waals surface area contributed by atoms with Crippen LogP contribution in [0.1, 0.15) is 0 Å². The van der Waals surface area contributed by atoms with Gasteiger partial charge in [-0.05, 0) is 126 Å². The molecule has 0 amide bonds. The quantitative estimate of drug-likeness (QED) is 0.142. The summed E-state index contributed by atoms with van der Waals surface area (Å²) in [7, 11) is 0. The lowest BCUT2D eigenvalue weighted by molar-refractivity contribution is 0.670. The zero-order valence-electron chi connectivity index (χ0n) is 35.0. The van der Waals surface area contributed by atoms with Gasteiger partial charge < -0.3 is 9.32 Å². The molecule has 2 nitrogen and oxygen atoms in total. The molecule has 0 atom stereocenters. The summed E-state index contributed by atoms with van der Waals surface area (Å²) >= 11 is 0. The third-order valence-corrected chi connectivity index (χ3v) is 12.7. The van der Waals surface area contributed by atoms with Crippen molar-refractivity contribution in [3.05, 3.63) is 249 Å². The molecule has 0 N–H and O–H groups in total. The molecular formula is C62H41NO. The van der Waals surface area contributed by atoms with Gasteiger partial charge in [-0.15, -0.1) is 0 Å². The van der Waals surface area contributed by atoms with Crippen molar-refractivity contribution in [2.45, 2.75) is 0 Å². The maximum Gasteiger partial charge on any atom is 0.143 e. The molecule has 0 saturated carbocycles. The van der Waals surface area contributed by atoms with E-state index in [1.807, 2.05) is 6.07 Å². The highest BCUT2D eigenvalue weighted by molar-refractivity contribution is 6.11. The Hall–Kier alpha value is -8.46.